The first-order valence-electron chi connectivity index (χ1n) is 7.14. The van der Waals surface area contributed by atoms with Gasteiger partial charge in [0.15, 0.2) is 5.82 Å². The van der Waals surface area contributed by atoms with E-state index in [1.807, 2.05) is 0 Å². The van der Waals surface area contributed by atoms with Crippen LogP contribution in [-0.4, -0.2) is 40.7 Å². The van der Waals surface area contributed by atoms with E-state index in [0.717, 1.165) is 37.9 Å². The molecule has 0 aromatic carbocycles. The lowest BCUT2D eigenvalue weighted by Crippen LogP contribution is -2.37. The first kappa shape index (κ1) is 14.8. The highest BCUT2D eigenvalue weighted by atomic mass is 35.5. The van der Waals surface area contributed by atoms with E-state index in [2.05, 4.69) is 27.3 Å². The molecule has 3 rings (SSSR count). The molecule has 0 radical (unpaired) electrons. The predicted octanol–water partition coefficient (Wildman–Crippen LogP) is 1.94. The third kappa shape index (κ3) is 3.68. The van der Waals surface area contributed by atoms with Crippen molar-refractivity contribution in [2.75, 3.05) is 19.6 Å². The summed E-state index contributed by atoms with van der Waals surface area (Å²) in [6, 6.07) is 0.632. The van der Waals surface area contributed by atoms with Crippen LogP contribution in [0.3, 0.4) is 0 Å². The highest BCUT2D eigenvalue weighted by molar-refractivity contribution is 5.85. The monoisotopic (exact) mass is 286 g/mol. The van der Waals surface area contributed by atoms with E-state index in [1.165, 1.54) is 25.7 Å². The minimum Gasteiger partial charge on any atom is -0.339 e. The summed E-state index contributed by atoms with van der Waals surface area (Å²) < 4.78 is 5.33. The Hall–Kier alpha value is -0.650. The quantitative estimate of drug-likeness (QED) is 0.866. The van der Waals surface area contributed by atoms with Gasteiger partial charge in [-0.2, -0.15) is 4.98 Å². The van der Waals surface area contributed by atoms with Gasteiger partial charge >= 0.3 is 0 Å². The van der Waals surface area contributed by atoms with Gasteiger partial charge in [0.25, 0.3) is 0 Å². The topological polar surface area (TPSA) is 54.2 Å². The van der Waals surface area contributed by atoms with Gasteiger partial charge in [-0.1, -0.05) is 12.1 Å². The Morgan fingerprint density at radius 3 is 2.84 bits per heavy atom. The number of halogens is 1. The lowest BCUT2D eigenvalue weighted by atomic mass is 10.2. The van der Waals surface area contributed by atoms with Gasteiger partial charge in [0, 0.05) is 18.5 Å². The summed E-state index contributed by atoms with van der Waals surface area (Å²) in [5.41, 5.74) is 0. The number of rotatable bonds is 6. The molecule has 0 amide bonds. The molecule has 0 spiro atoms. The molecule has 1 aliphatic heterocycles. The third-order valence-electron chi connectivity index (χ3n) is 3.82. The zero-order valence-electron chi connectivity index (χ0n) is 11.5. The second-order valence-corrected chi connectivity index (χ2v) is 5.44. The van der Waals surface area contributed by atoms with Crippen LogP contribution < -0.4 is 5.32 Å². The van der Waals surface area contributed by atoms with Crippen LogP contribution in [-0.2, 0) is 6.54 Å². The fourth-order valence-electron chi connectivity index (χ4n) is 2.64. The molecule has 1 atom stereocenters. The molecule has 1 aromatic heterocycles. The van der Waals surface area contributed by atoms with E-state index in [0.29, 0.717) is 12.0 Å². The molecule has 1 unspecified atom stereocenters. The van der Waals surface area contributed by atoms with Gasteiger partial charge in [-0.25, -0.2) is 0 Å². The smallest absolute Gasteiger partial charge is 0.229 e. The largest absolute Gasteiger partial charge is 0.339 e. The molecule has 5 nitrogen and oxygen atoms in total. The summed E-state index contributed by atoms with van der Waals surface area (Å²) in [7, 11) is 0. The Bertz CT molecular complexity index is 388. The van der Waals surface area contributed by atoms with Gasteiger partial charge in [0.2, 0.25) is 5.89 Å². The zero-order valence-corrected chi connectivity index (χ0v) is 12.3. The highest BCUT2D eigenvalue weighted by Crippen LogP contribution is 2.38. The maximum Gasteiger partial charge on any atom is 0.229 e. The first-order valence-corrected chi connectivity index (χ1v) is 7.14. The maximum atomic E-state index is 5.33. The molecule has 1 saturated heterocycles. The van der Waals surface area contributed by atoms with E-state index in [4.69, 9.17) is 4.52 Å². The number of nitrogens with zero attached hydrogens (tertiary/aromatic N) is 3. The van der Waals surface area contributed by atoms with Crippen LogP contribution >= 0.6 is 12.4 Å². The minimum atomic E-state index is 0. The minimum absolute atomic E-state index is 0. The molecule has 1 N–H and O–H groups in total. The van der Waals surface area contributed by atoms with Crippen LogP contribution in [0.4, 0.5) is 0 Å². The lowest BCUT2D eigenvalue weighted by molar-refractivity contribution is 0.192. The van der Waals surface area contributed by atoms with Crippen molar-refractivity contribution in [2.45, 2.75) is 51.1 Å². The van der Waals surface area contributed by atoms with Crippen LogP contribution in [0.1, 0.15) is 50.2 Å². The summed E-state index contributed by atoms with van der Waals surface area (Å²) in [6.07, 6.45) is 4.83. The molecule has 6 heteroatoms. The summed E-state index contributed by atoms with van der Waals surface area (Å²) in [5.74, 6) is 2.27. The Kier molecular flexibility index (Phi) is 5.19. The molecule has 1 aromatic rings. The van der Waals surface area contributed by atoms with E-state index in [1.54, 1.807) is 0 Å². The van der Waals surface area contributed by atoms with Gasteiger partial charge in [0.05, 0.1) is 6.54 Å². The van der Waals surface area contributed by atoms with Gasteiger partial charge in [-0.15, -0.1) is 12.4 Å². The van der Waals surface area contributed by atoms with Crippen molar-refractivity contribution in [2.24, 2.45) is 0 Å². The van der Waals surface area contributed by atoms with Gasteiger partial charge < -0.3 is 9.84 Å². The number of hydrogen-bond acceptors (Lipinski definition) is 5. The van der Waals surface area contributed by atoms with E-state index >= 15 is 0 Å². The van der Waals surface area contributed by atoms with E-state index in [-0.39, 0.29) is 12.4 Å². The summed E-state index contributed by atoms with van der Waals surface area (Å²) in [4.78, 5) is 7.01. The Morgan fingerprint density at radius 1 is 1.37 bits per heavy atom. The normalized spacial score (nSPS) is 22.7. The van der Waals surface area contributed by atoms with Crippen molar-refractivity contribution in [1.29, 1.82) is 0 Å². The molecular weight excluding hydrogens is 264 g/mol. The van der Waals surface area contributed by atoms with Crippen molar-refractivity contribution >= 4 is 12.4 Å². The fraction of sp³-hybridized carbons (Fsp3) is 0.846. The third-order valence-corrected chi connectivity index (χ3v) is 3.82. The van der Waals surface area contributed by atoms with Gasteiger partial charge in [-0.05, 0) is 38.8 Å². The average Bonchev–Trinajstić information content (AvgIpc) is 2.92. The second-order valence-electron chi connectivity index (χ2n) is 5.44. The van der Waals surface area contributed by atoms with Gasteiger partial charge in [-0.3, -0.25) is 4.90 Å². The number of hydrogen-bond donors (Lipinski definition) is 1. The summed E-state index contributed by atoms with van der Waals surface area (Å²) >= 11 is 0. The fourth-order valence-corrected chi connectivity index (χ4v) is 2.64. The van der Waals surface area contributed by atoms with Crippen LogP contribution in [0.5, 0.6) is 0 Å². The van der Waals surface area contributed by atoms with Crippen LogP contribution in [0.2, 0.25) is 0 Å². The summed E-state index contributed by atoms with van der Waals surface area (Å²) in [6.45, 7) is 6.38. The number of nitrogens with one attached hydrogen (secondary N) is 1. The first-order chi connectivity index (χ1) is 8.86. The molecule has 2 aliphatic rings. The molecule has 19 heavy (non-hydrogen) atoms. The SMILES string of the molecule is CCCN(Cc1noc(C2CC2)n1)C1CCNC1.Cl. The molecule has 1 saturated carbocycles. The average molecular weight is 287 g/mol. The standard InChI is InChI=1S/C13H22N4O.ClH/c1-2-7-17(11-5-6-14-8-11)9-12-15-13(18-16-12)10-3-4-10;/h10-11,14H,2-9H2,1H3;1H. The van der Waals surface area contributed by atoms with Crippen molar-refractivity contribution in [3.05, 3.63) is 11.7 Å². The Balaban J connectivity index is 0.00000133. The molecule has 1 aliphatic carbocycles. The van der Waals surface area contributed by atoms with Crippen molar-refractivity contribution in [1.82, 2.24) is 20.4 Å². The van der Waals surface area contributed by atoms with E-state index < -0.39 is 0 Å². The van der Waals surface area contributed by atoms with Crippen LogP contribution in [0.15, 0.2) is 4.52 Å². The van der Waals surface area contributed by atoms with Gasteiger partial charge in [0.1, 0.15) is 0 Å². The highest BCUT2D eigenvalue weighted by Gasteiger charge is 2.30. The molecule has 2 fully saturated rings. The molecule has 0 bridgehead atoms. The maximum absolute atomic E-state index is 5.33. The Morgan fingerprint density at radius 2 is 2.21 bits per heavy atom. The van der Waals surface area contributed by atoms with Crippen molar-refractivity contribution in [3.8, 4) is 0 Å². The van der Waals surface area contributed by atoms with Crippen LogP contribution in [0, 0.1) is 0 Å². The van der Waals surface area contributed by atoms with Crippen molar-refractivity contribution in [3.63, 3.8) is 0 Å². The molecule has 108 valence electrons. The molecule has 2 heterocycles. The Labute approximate surface area is 120 Å². The summed E-state index contributed by atoms with van der Waals surface area (Å²) in [5, 5.41) is 7.55. The van der Waals surface area contributed by atoms with E-state index in [9.17, 15) is 0 Å². The van der Waals surface area contributed by atoms with Crippen LogP contribution in [0.25, 0.3) is 0 Å². The number of aromatic nitrogens is 2. The predicted molar refractivity (Wildman–Crippen MR) is 75.5 cm³/mol. The zero-order chi connectivity index (χ0) is 12.4. The second kappa shape index (κ2) is 6.68. The molecular formula is C13H23ClN4O. The van der Waals surface area contributed by atoms with Crippen molar-refractivity contribution < 1.29 is 4.52 Å². The lowest BCUT2D eigenvalue weighted by Gasteiger charge is -2.26.